The Morgan fingerprint density at radius 2 is 2.14 bits per heavy atom. The molecule has 1 unspecified atom stereocenters. The molecule has 14 heavy (non-hydrogen) atoms. The van der Waals surface area contributed by atoms with Crippen LogP contribution in [-0.2, 0) is 4.84 Å². The van der Waals surface area contributed by atoms with Crippen LogP contribution in [0.25, 0.3) is 0 Å². The van der Waals surface area contributed by atoms with Gasteiger partial charge in [-0.3, -0.25) is 0 Å². The van der Waals surface area contributed by atoms with Crippen molar-refractivity contribution in [3.8, 4) is 0 Å². The molecule has 0 aliphatic rings. The maximum Gasteiger partial charge on any atom is 0.248 e. The predicted molar refractivity (Wildman–Crippen MR) is 49.8 cm³/mol. The van der Waals surface area contributed by atoms with Crippen molar-refractivity contribution in [3.05, 3.63) is 35.5 Å². The first-order valence-electron chi connectivity index (χ1n) is 4.23. The monoisotopic (exact) mass is 196 g/mol. The minimum absolute atomic E-state index is 0.00553. The Hall–Kier alpha value is -1.62. The zero-order chi connectivity index (χ0) is 10.4. The molecule has 1 atom stereocenters. The van der Waals surface area contributed by atoms with Crippen molar-refractivity contribution in [2.75, 3.05) is 6.61 Å². The molecular formula is C9H12N2O3. The summed E-state index contributed by atoms with van der Waals surface area (Å²) in [5.74, 6) is 0. The first kappa shape index (κ1) is 10.5. The topological polar surface area (TPSA) is 67.9 Å². The van der Waals surface area contributed by atoms with Crippen molar-refractivity contribution in [1.82, 2.24) is 0 Å². The molecule has 1 rings (SSSR count). The van der Waals surface area contributed by atoms with Crippen LogP contribution in [-0.4, -0.2) is 22.7 Å². The van der Waals surface area contributed by atoms with Crippen LogP contribution in [0.3, 0.4) is 0 Å². The van der Waals surface area contributed by atoms with Gasteiger partial charge < -0.3 is 15.2 Å². The lowest BCUT2D eigenvalue weighted by atomic mass is 10.3. The molecule has 1 aromatic rings. The van der Waals surface area contributed by atoms with E-state index in [2.05, 4.69) is 10.1 Å². The normalized spacial score (nSPS) is 13.7. The maximum atomic E-state index is 11.2. The molecule has 5 heteroatoms. The summed E-state index contributed by atoms with van der Waals surface area (Å²) in [6.45, 7) is 1.55. The second-order valence-corrected chi connectivity index (χ2v) is 2.83. The molecule has 1 aromatic carbocycles. The molecule has 0 saturated heterocycles. The zero-order valence-electron chi connectivity index (χ0n) is 7.83. The smallest absolute Gasteiger partial charge is 0.248 e. The van der Waals surface area contributed by atoms with E-state index in [0.717, 1.165) is 0 Å². The first-order chi connectivity index (χ1) is 6.70. The molecule has 0 radical (unpaired) electrons. The van der Waals surface area contributed by atoms with Gasteiger partial charge in [0.1, 0.15) is 6.61 Å². The summed E-state index contributed by atoms with van der Waals surface area (Å²) < 4.78 is 0. The second-order valence-electron chi connectivity index (χ2n) is 2.83. The number of hydrogen-bond donors (Lipinski definition) is 1. The maximum absolute atomic E-state index is 11.2. The molecular weight excluding hydrogens is 184 g/mol. The second kappa shape index (κ2) is 5.18. The van der Waals surface area contributed by atoms with Crippen molar-refractivity contribution in [3.63, 3.8) is 0 Å². The van der Waals surface area contributed by atoms with Crippen LogP contribution in [0.2, 0.25) is 0 Å². The largest absolute Gasteiger partial charge is 0.592 e. The van der Waals surface area contributed by atoms with Gasteiger partial charge in [-0.1, -0.05) is 18.2 Å². The summed E-state index contributed by atoms with van der Waals surface area (Å²) in [6.07, 6.45) is -0.636. The lowest BCUT2D eigenvalue weighted by Gasteiger charge is -2.00. The minimum atomic E-state index is -0.636. The molecule has 0 bridgehead atoms. The minimum Gasteiger partial charge on any atom is -0.592 e. The fourth-order valence-electron chi connectivity index (χ4n) is 0.796. The van der Waals surface area contributed by atoms with Crippen LogP contribution < -0.4 is 0 Å². The summed E-state index contributed by atoms with van der Waals surface area (Å²) in [6, 6.07) is 8.48. The van der Waals surface area contributed by atoms with E-state index >= 15 is 0 Å². The van der Waals surface area contributed by atoms with E-state index in [4.69, 9.17) is 5.11 Å². The number of benzene rings is 1. The van der Waals surface area contributed by atoms with E-state index in [9.17, 15) is 5.21 Å². The van der Waals surface area contributed by atoms with Gasteiger partial charge in [0.15, 0.2) is 0 Å². The summed E-state index contributed by atoms with van der Waals surface area (Å²) in [4.78, 5) is 4.96. The number of hydrogen-bond acceptors (Lipinski definition) is 4. The third kappa shape index (κ3) is 3.40. The molecule has 76 valence electrons. The Morgan fingerprint density at radius 1 is 1.50 bits per heavy atom. The quantitative estimate of drug-likeness (QED) is 0.451. The molecule has 0 aliphatic heterocycles. The SMILES string of the molecule is CC(O)CO/N=[N+](\[O-])c1ccccc1. The number of para-hydroxylation sites is 1. The van der Waals surface area contributed by atoms with Crippen molar-refractivity contribution in [2.45, 2.75) is 13.0 Å². The van der Waals surface area contributed by atoms with E-state index in [0.29, 0.717) is 10.5 Å². The van der Waals surface area contributed by atoms with Crippen molar-refractivity contribution >= 4 is 5.69 Å². The summed E-state index contributed by atoms with van der Waals surface area (Å²) in [7, 11) is 0. The lowest BCUT2D eigenvalue weighted by Crippen LogP contribution is -2.08. The molecule has 0 saturated carbocycles. The Labute approximate surface area is 81.8 Å². The summed E-state index contributed by atoms with van der Waals surface area (Å²) in [5.41, 5.74) is 0.387. The van der Waals surface area contributed by atoms with Crippen molar-refractivity contribution < 1.29 is 14.8 Å². The van der Waals surface area contributed by atoms with E-state index in [1.165, 1.54) is 0 Å². The average molecular weight is 196 g/mol. The molecule has 0 amide bonds. The van der Waals surface area contributed by atoms with Gasteiger partial charge in [-0.15, -0.1) is 0 Å². The predicted octanol–water partition coefficient (Wildman–Crippen LogP) is 1.59. The highest BCUT2D eigenvalue weighted by Crippen LogP contribution is 2.09. The van der Waals surface area contributed by atoms with Crippen LogP contribution in [0, 0.1) is 5.21 Å². The summed E-state index contributed by atoms with van der Waals surface area (Å²) in [5, 5.41) is 23.3. The Kier molecular flexibility index (Phi) is 3.87. The molecule has 0 aliphatic carbocycles. The van der Waals surface area contributed by atoms with Gasteiger partial charge in [-0.25, -0.2) is 0 Å². The number of nitrogens with zero attached hydrogens (tertiary/aromatic N) is 2. The van der Waals surface area contributed by atoms with E-state index in [1.54, 1.807) is 37.3 Å². The van der Waals surface area contributed by atoms with Gasteiger partial charge in [-0.05, 0) is 11.8 Å². The van der Waals surface area contributed by atoms with Crippen LogP contribution in [0.4, 0.5) is 5.69 Å². The Bertz CT molecular complexity index is 298. The van der Waals surface area contributed by atoms with Crippen LogP contribution in [0.15, 0.2) is 35.6 Å². The molecule has 0 fully saturated rings. The standard InChI is InChI=1S/C9H12N2O3/c1-8(12)7-14-10-11(13)9-5-3-2-4-6-9/h2-6,8,12H,7H2,1H3/b11-10-. The van der Waals surface area contributed by atoms with Gasteiger partial charge in [0.25, 0.3) is 0 Å². The van der Waals surface area contributed by atoms with Crippen LogP contribution in [0.1, 0.15) is 6.92 Å². The molecule has 5 nitrogen and oxygen atoms in total. The van der Waals surface area contributed by atoms with Gasteiger partial charge >= 0.3 is 0 Å². The molecule has 0 heterocycles. The molecule has 1 N–H and O–H groups in total. The van der Waals surface area contributed by atoms with E-state index in [1.807, 2.05) is 0 Å². The highest BCUT2D eigenvalue weighted by atomic mass is 16.7. The average Bonchev–Trinajstić information content (AvgIpc) is 2.18. The lowest BCUT2D eigenvalue weighted by molar-refractivity contribution is -0.479. The van der Waals surface area contributed by atoms with E-state index in [-0.39, 0.29) is 6.61 Å². The Balaban J connectivity index is 2.53. The van der Waals surface area contributed by atoms with Crippen molar-refractivity contribution in [2.24, 2.45) is 5.28 Å². The van der Waals surface area contributed by atoms with Crippen LogP contribution in [0.5, 0.6) is 0 Å². The third-order valence-electron chi connectivity index (χ3n) is 1.42. The molecule has 0 aromatic heterocycles. The number of rotatable bonds is 4. The highest BCUT2D eigenvalue weighted by Gasteiger charge is 2.02. The fraction of sp³-hybridized carbons (Fsp3) is 0.333. The first-order valence-corrected chi connectivity index (χ1v) is 4.23. The Morgan fingerprint density at radius 3 is 2.71 bits per heavy atom. The van der Waals surface area contributed by atoms with Gasteiger partial charge in [-0.2, -0.15) is 0 Å². The zero-order valence-corrected chi connectivity index (χ0v) is 7.83. The fourth-order valence-corrected chi connectivity index (χ4v) is 0.796. The van der Waals surface area contributed by atoms with Gasteiger partial charge in [0.2, 0.25) is 11.0 Å². The van der Waals surface area contributed by atoms with Gasteiger partial charge in [0, 0.05) is 12.1 Å². The third-order valence-corrected chi connectivity index (χ3v) is 1.42. The molecule has 0 spiro atoms. The highest BCUT2D eigenvalue weighted by molar-refractivity contribution is 5.27. The summed E-state index contributed by atoms with van der Waals surface area (Å²) >= 11 is 0. The number of aliphatic hydroxyl groups excluding tert-OH is 1. The van der Waals surface area contributed by atoms with Gasteiger partial charge in [0.05, 0.1) is 6.10 Å². The van der Waals surface area contributed by atoms with Crippen molar-refractivity contribution in [1.29, 1.82) is 0 Å². The number of aliphatic hydroxyl groups is 1. The van der Waals surface area contributed by atoms with E-state index < -0.39 is 6.10 Å². The van der Waals surface area contributed by atoms with Crippen LogP contribution >= 0.6 is 0 Å².